The molecule has 0 unspecified atom stereocenters. The molecule has 1 aliphatic heterocycles. The second-order valence-corrected chi connectivity index (χ2v) is 7.54. The van der Waals surface area contributed by atoms with E-state index in [9.17, 15) is 5.11 Å². The van der Waals surface area contributed by atoms with Gasteiger partial charge < -0.3 is 5.11 Å². The van der Waals surface area contributed by atoms with Gasteiger partial charge in [-0.2, -0.15) is 5.06 Å². The third-order valence-electron chi connectivity index (χ3n) is 4.32. The van der Waals surface area contributed by atoms with Gasteiger partial charge in [0.15, 0.2) is 0 Å². The van der Waals surface area contributed by atoms with Gasteiger partial charge in [0.25, 0.3) is 0 Å². The Morgan fingerprint density at radius 2 is 1.67 bits per heavy atom. The number of hydrogen-bond donors (Lipinski definition) is 1. The average Bonchev–Trinajstić information content (AvgIpc) is 2.39. The van der Waals surface area contributed by atoms with Gasteiger partial charge in [-0.3, -0.25) is 4.84 Å². The highest BCUT2D eigenvalue weighted by atomic mass is 35.5. The predicted molar refractivity (Wildman–Crippen MR) is 86.2 cm³/mol. The molecule has 118 valence electrons. The maximum atomic E-state index is 9.74. The van der Waals surface area contributed by atoms with Crippen LogP contribution in [0.2, 0.25) is 5.02 Å². The summed E-state index contributed by atoms with van der Waals surface area (Å²) in [5.41, 5.74) is 0.863. The Hall–Kier alpha value is -0.610. The third-order valence-corrected chi connectivity index (χ3v) is 4.57. The maximum Gasteiger partial charge on any atom is 0.127 e. The number of benzene rings is 1. The molecule has 1 atom stereocenters. The number of rotatable bonds is 4. The Labute approximate surface area is 132 Å². The molecule has 21 heavy (non-hydrogen) atoms. The highest BCUT2D eigenvalue weighted by Gasteiger charge is 2.43. The first-order valence-corrected chi connectivity index (χ1v) is 7.97. The Morgan fingerprint density at radius 1 is 1.14 bits per heavy atom. The number of piperidine rings is 1. The van der Waals surface area contributed by atoms with Crippen molar-refractivity contribution in [3.05, 3.63) is 34.9 Å². The van der Waals surface area contributed by atoms with Gasteiger partial charge in [-0.1, -0.05) is 23.7 Å². The standard InChI is InChI=1S/C17H26ClNO2/c1-16(2)10-5-11-17(3,4)19(16)21-15(12-20)13-6-8-14(18)9-7-13/h6-9,15,20H,5,10-12H2,1-4H3/t15-/m0/s1. The van der Waals surface area contributed by atoms with Crippen LogP contribution >= 0.6 is 11.6 Å². The minimum absolute atomic E-state index is 0.0401. The van der Waals surface area contributed by atoms with Gasteiger partial charge in [-0.05, 0) is 64.7 Å². The van der Waals surface area contributed by atoms with Gasteiger partial charge in [0.1, 0.15) is 6.10 Å². The first-order chi connectivity index (χ1) is 9.76. The first-order valence-electron chi connectivity index (χ1n) is 7.60. The van der Waals surface area contributed by atoms with E-state index >= 15 is 0 Å². The highest BCUT2D eigenvalue weighted by molar-refractivity contribution is 6.30. The number of aliphatic hydroxyl groups excluding tert-OH is 1. The van der Waals surface area contributed by atoms with E-state index in [2.05, 4.69) is 32.8 Å². The van der Waals surface area contributed by atoms with Crippen LogP contribution in [0.5, 0.6) is 0 Å². The van der Waals surface area contributed by atoms with Crippen LogP contribution in [0.15, 0.2) is 24.3 Å². The van der Waals surface area contributed by atoms with Crippen molar-refractivity contribution in [2.45, 2.75) is 64.1 Å². The monoisotopic (exact) mass is 311 g/mol. The second-order valence-electron chi connectivity index (χ2n) is 7.10. The van der Waals surface area contributed by atoms with E-state index in [1.54, 1.807) is 0 Å². The fraction of sp³-hybridized carbons (Fsp3) is 0.647. The molecule has 0 saturated carbocycles. The van der Waals surface area contributed by atoms with Crippen molar-refractivity contribution in [1.82, 2.24) is 5.06 Å². The van der Waals surface area contributed by atoms with Gasteiger partial charge in [0.05, 0.1) is 6.61 Å². The summed E-state index contributed by atoms with van der Waals surface area (Å²) in [6, 6.07) is 7.48. The first kappa shape index (κ1) is 16.8. The van der Waals surface area contributed by atoms with Crippen LogP contribution < -0.4 is 0 Å². The Kier molecular flexibility index (Phi) is 4.99. The van der Waals surface area contributed by atoms with Crippen molar-refractivity contribution in [2.75, 3.05) is 6.61 Å². The van der Waals surface area contributed by atoms with Gasteiger partial charge in [-0.15, -0.1) is 0 Å². The van der Waals surface area contributed by atoms with Crippen molar-refractivity contribution < 1.29 is 9.94 Å². The maximum absolute atomic E-state index is 9.74. The topological polar surface area (TPSA) is 32.7 Å². The molecular weight excluding hydrogens is 286 g/mol. The molecule has 1 saturated heterocycles. The molecule has 4 heteroatoms. The molecule has 2 rings (SSSR count). The van der Waals surface area contributed by atoms with Crippen molar-refractivity contribution in [3.8, 4) is 0 Å². The summed E-state index contributed by atoms with van der Waals surface area (Å²) in [7, 11) is 0. The van der Waals surface area contributed by atoms with E-state index in [1.807, 2.05) is 24.3 Å². The van der Waals surface area contributed by atoms with Crippen LogP contribution in [0.25, 0.3) is 0 Å². The van der Waals surface area contributed by atoms with Crippen molar-refractivity contribution in [3.63, 3.8) is 0 Å². The van der Waals surface area contributed by atoms with Crippen LogP contribution in [0.1, 0.15) is 58.6 Å². The van der Waals surface area contributed by atoms with Crippen molar-refractivity contribution >= 4 is 11.6 Å². The SMILES string of the molecule is CC1(C)CCCC(C)(C)N1O[C@@H](CO)c1ccc(Cl)cc1. The van der Waals surface area contributed by atoms with Crippen LogP contribution in [-0.2, 0) is 4.84 Å². The van der Waals surface area contributed by atoms with Crippen LogP contribution in [0, 0.1) is 0 Å². The summed E-state index contributed by atoms with van der Waals surface area (Å²) in [4.78, 5) is 6.24. The lowest BCUT2D eigenvalue weighted by Gasteiger charge is -2.52. The molecule has 1 heterocycles. The molecule has 0 spiro atoms. The zero-order valence-electron chi connectivity index (χ0n) is 13.4. The molecule has 3 nitrogen and oxygen atoms in total. The molecule has 0 radical (unpaired) electrons. The van der Waals surface area contributed by atoms with Crippen molar-refractivity contribution in [1.29, 1.82) is 0 Å². The van der Waals surface area contributed by atoms with Crippen LogP contribution in [-0.4, -0.2) is 27.9 Å². The number of hydroxylamine groups is 2. The highest BCUT2D eigenvalue weighted by Crippen LogP contribution is 2.40. The minimum Gasteiger partial charge on any atom is -0.393 e. The minimum atomic E-state index is -0.362. The molecule has 1 aromatic rings. The summed E-state index contributed by atoms with van der Waals surface area (Å²) in [5, 5.41) is 12.5. The molecule has 0 bridgehead atoms. The third kappa shape index (κ3) is 3.78. The fourth-order valence-corrected chi connectivity index (χ4v) is 3.39. The van der Waals surface area contributed by atoms with Gasteiger partial charge in [0, 0.05) is 16.1 Å². The lowest BCUT2D eigenvalue weighted by atomic mass is 9.82. The zero-order chi connectivity index (χ0) is 15.7. The lowest BCUT2D eigenvalue weighted by molar-refractivity contribution is -0.311. The summed E-state index contributed by atoms with van der Waals surface area (Å²) in [6.07, 6.45) is 3.02. The van der Waals surface area contributed by atoms with E-state index < -0.39 is 0 Å². The van der Waals surface area contributed by atoms with Crippen LogP contribution in [0.4, 0.5) is 0 Å². The predicted octanol–water partition coefficient (Wildman–Crippen LogP) is 4.35. The summed E-state index contributed by atoms with van der Waals surface area (Å²) in [5.74, 6) is 0. The summed E-state index contributed by atoms with van der Waals surface area (Å²) >= 11 is 5.93. The summed E-state index contributed by atoms with van der Waals surface area (Å²) in [6.45, 7) is 8.74. The molecule has 1 aromatic carbocycles. The Bertz CT molecular complexity index is 454. The largest absolute Gasteiger partial charge is 0.393 e. The Balaban J connectivity index is 2.21. The summed E-state index contributed by atoms with van der Waals surface area (Å²) < 4.78 is 0. The molecule has 0 aliphatic carbocycles. The molecule has 0 aromatic heterocycles. The van der Waals surface area contributed by atoms with E-state index in [1.165, 1.54) is 6.42 Å². The lowest BCUT2D eigenvalue weighted by Crippen LogP contribution is -2.58. The smallest absolute Gasteiger partial charge is 0.127 e. The van der Waals surface area contributed by atoms with Crippen molar-refractivity contribution in [2.24, 2.45) is 0 Å². The van der Waals surface area contributed by atoms with Gasteiger partial charge in [-0.25, -0.2) is 0 Å². The number of aliphatic hydroxyl groups is 1. The van der Waals surface area contributed by atoms with Crippen LogP contribution in [0.3, 0.4) is 0 Å². The normalized spacial score (nSPS) is 23.0. The number of halogens is 1. The molecule has 1 N–H and O–H groups in total. The van der Waals surface area contributed by atoms with E-state index in [-0.39, 0.29) is 23.8 Å². The van der Waals surface area contributed by atoms with E-state index in [0.717, 1.165) is 18.4 Å². The average molecular weight is 312 g/mol. The molecule has 0 amide bonds. The molecule has 1 aliphatic rings. The Morgan fingerprint density at radius 3 is 2.14 bits per heavy atom. The zero-order valence-corrected chi connectivity index (χ0v) is 14.2. The second kappa shape index (κ2) is 6.25. The van der Waals surface area contributed by atoms with Gasteiger partial charge in [0.2, 0.25) is 0 Å². The quantitative estimate of drug-likeness (QED) is 0.897. The molecular formula is C17H26ClNO2. The van der Waals surface area contributed by atoms with E-state index in [4.69, 9.17) is 16.4 Å². The van der Waals surface area contributed by atoms with Gasteiger partial charge >= 0.3 is 0 Å². The number of hydrogen-bond acceptors (Lipinski definition) is 3. The van der Waals surface area contributed by atoms with E-state index in [0.29, 0.717) is 5.02 Å². The number of nitrogens with zero attached hydrogens (tertiary/aromatic N) is 1. The molecule has 1 fully saturated rings. The fourth-order valence-electron chi connectivity index (χ4n) is 3.27.